The summed E-state index contributed by atoms with van der Waals surface area (Å²) in [6.07, 6.45) is 4.66. The van der Waals surface area contributed by atoms with Crippen LogP contribution in [0.3, 0.4) is 0 Å². The lowest BCUT2D eigenvalue weighted by atomic mass is 9.86. The van der Waals surface area contributed by atoms with Crippen molar-refractivity contribution in [3.63, 3.8) is 0 Å². The zero-order chi connectivity index (χ0) is 25.9. The number of allylic oxidation sites excluding steroid dienone is 1. The first-order valence-corrected chi connectivity index (χ1v) is 12.6. The van der Waals surface area contributed by atoms with Gasteiger partial charge in [0.15, 0.2) is 0 Å². The Kier molecular flexibility index (Phi) is 7.28. The first kappa shape index (κ1) is 25.0. The van der Waals surface area contributed by atoms with Crippen LogP contribution in [-0.2, 0) is 6.42 Å². The van der Waals surface area contributed by atoms with Crippen LogP contribution >= 0.6 is 0 Å². The van der Waals surface area contributed by atoms with Crippen LogP contribution in [0.1, 0.15) is 57.4 Å². The number of hydrogen-bond acceptors (Lipinski definition) is 2. The van der Waals surface area contributed by atoms with Crippen LogP contribution < -0.4 is 0 Å². The number of hydrogen-bond donors (Lipinski definition) is 1. The minimum Gasteiger partial charge on any atom is -0.478 e. The van der Waals surface area contributed by atoms with E-state index in [9.17, 15) is 23.1 Å². The maximum absolute atomic E-state index is 15.0. The molecule has 1 N–H and O–H groups in total. The number of aromatic carboxylic acids is 1. The van der Waals surface area contributed by atoms with Crippen LogP contribution in [0, 0.1) is 11.6 Å². The van der Waals surface area contributed by atoms with Gasteiger partial charge in [-0.3, -0.25) is 9.29 Å². The number of alkyl halides is 1. The number of halogens is 3. The molecule has 1 saturated heterocycles. The van der Waals surface area contributed by atoms with Gasteiger partial charge in [-0.1, -0.05) is 36.4 Å². The van der Waals surface area contributed by atoms with Crippen LogP contribution in [0.4, 0.5) is 13.2 Å². The van der Waals surface area contributed by atoms with Crippen LogP contribution in [-0.4, -0.2) is 42.3 Å². The number of rotatable bonds is 7. The van der Waals surface area contributed by atoms with Gasteiger partial charge in [0.1, 0.15) is 11.6 Å². The standard InChI is InChI=1S/C31H28F3NO2/c32-13-2-14-35-18-21(19-35)15-20-5-7-22(8-6-20)30-26-11-9-24(31(36)37)16-23(26)3-1-4-28(30)27-12-10-25(33)17-29(27)34/h5-12,15-17H,1-4,13-14,18-19H2,(H,36,37). The predicted molar refractivity (Wildman–Crippen MR) is 140 cm³/mol. The third-order valence-electron chi connectivity index (χ3n) is 7.08. The topological polar surface area (TPSA) is 40.5 Å². The lowest BCUT2D eigenvalue weighted by Gasteiger charge is -2.33. The Hall–Kier alpha value is -3.64. The molecule has 0 amide bonds. The molecule has 6 heteroatoms. The van der Waals surface area contributed by atoms with E-state index in [0.717, 1.165) is 65.5 Å². The van der Waals surface area contributed by atoms with Crippen LogP contribution in [0.15, 0.2) is 66.2 Å². The van der Waals surface area contributed by atoms with Gasteiger partial charge in [-0.2, -0.15) is 0 Å². The number of benzene rings is 3. The molecule has 37 heavy (non-hydrogen) atoms. The molecule has 1 aliphatic carbocycles. The number of nitrogens with zero attached hydrogens (tertiary/aromatic N) is 1. The zero-order valence-electron chi connectivity index (χ0n) is 20.4. The van der Waals surface area contributed by atoms with Crippen molar-refractivity contribution in [1.29, 1.82) is 0 Å². The smallest absolute Gasteiger partial charge is 0.335 e. The molecule has 3 nitrogen and oxygen atoms in total. The van der Waals surface area contributed by atoms with Crippen LogP contribution in [0.5, 0.6) is 0 Å². The Balaban J connectivity index is 1.55. The van der Waals surface area contributed by atoms with Crippen molar-refractivity contribution in [2.24, 2.45) is 0 Å². The highest BCUT2D eigenvalue weighted by atomic mass is 19.1. The second-order valence-electron chi connectivity index (χ2n) is 9.69. The first-order chi connectivity index (χ1) is 17.9. The molecule has 0 atom stereocenters. The van der Waals surface area contributed by atoms with Crippen molar-refractivity contribution in [3.05, 3.63) is 111 Å². The van der Waals surface area contributed by atoms with Crippen molar-refractivity contribution in [3.8, 4) is 0 Å². The lowest BCUT2D eigenvalue weighted by Crippen LogP contribution is -2.40. The Morgan fingerprint density at radius 1 is 0.946 bits per heavy atom. The van der Waals surface area contributed by atoms with Crippen molar-refractivity contribution in [1.82, 2.24) is 4.90 Å². The molecular formula is C31H28F3NO2. The highest BCUT2D eigenvalue weighted by Gasteiger charge is 2.23. The fourth-order valence-electron chi connectivity index (χ4n) is 5.30. The quantitative estimate of drug-likeness (QED) is 0.377. The van der Waals surface area contributed by atoms with Gasteiger partial charge >= 0.3 is 5.97 Å². The van der Waals surface area contributed by atoms with E-state index in [0.29, 0.717) is 24.8 Å². The normalized spacial score (nSPS) is 15.7. The Labute approximate surface area is 214 Å². The average Bonchev–Trinajstić information content (AvgIpc) is 3.04. The largest absolute Gasteiger partial charge is 0.478 e. The molecule has 0 bridgehead atoms. The first-order valence-electron chi connectivity index (χ1n) is 12.6. The summed E-state index contributed by atoms with van der Waals surface area (Å²) in [5.74, 6) is -2.22. The van der Waals surface area contributed by atoms with Gasteiger partial charge in [-0.05, 0) is 88.9 Å². The van der Waals surface area contributed by atoms with Crippen LogP contribution in [0.2, 0.25) is 0 Å². The molecule has 0 spiro atoms. The summed E-state index contributed by atoms with van der Waals surface area (Å²) in [6.45, 7) is 2.17. The molecule has 3 aromatic carbocycles. The molecular weight excluding hydrogens is 475 g/mol. The minimum atomic E-state index is -0.987. The highest BCUT2D eigenvalue weighted by Crippen LogP contribution is 2.41. The van der Waals surface area contributed by atoms with Gasteiger partial charge in [0.05, 0.1) is 12.2 Å². The zero-order valence-corrected chi connectivity index (χ0v) is 20.4. The second kappa shape index (κ2) is 10.8. The van der Waals surface area contributed by atoms with Gasteiger partial charge in [0.25, 0.3) is 0 Å². The Morgan fingerprint density at radius 2 is 1.70 bits per heavy atom. The number of carboxylic acids is 1. The monoisotopic (exact) mass is 503 g/mol. The molecule has 3 aromatic rings. The number of aryl methyl sites for hydroxylation is 1. The molecule has 0 aromatic heterocycles. The molecule has 1 heterocycles. The summed E-state index contributed by atoms with van der Waals surface area (Å²) in [7, 11) is 0. The van der Waals surface area contributed by atoms with Gasteiger partial charge in [-0.25, -0.2) is 13.6 Å². The molecule has 190 valence electrons. The molecule has 1 aliphatic heterocycles. The number of likely N-dealkylation sites (tertiary alicyclic amines) is 1. The average molecular weight is 504 g/mol. The SMILES string of the molecule is O=C(O)c1ccc2c(c1)CCCC(c1ccc(F)cc1F)=C2c1ccc(C=C2CN(CCCF)C2)cc1. The molecule has 0 radical (unpaired) electrons. The highest BCUT2D eigenvalue weighted by molar-refractivity contribution is 6.00. The summed E-state index contributed by atoms with van der Waals surface area (Å²) in [5.41, 5.74) is 7.22. The number of carbonyl (C=O) groups is 1. The van der Waals surface area contributed by atoms with Crippen molar-refractivity contribution in [2.75, 3.05) is 26.3 Å². The summed E-state index contributed by atoms with van der Waals surface area (Å²) in [4.78, 5) is 13.8. The maximum atomic E-state index is 15.0. The van der Waals surface area contributed by atoms with Crippen LogP contribution in [0.25, 0.3) is 17.2 Å². The Morgan fingerprint density at radius 3 is 2.41 bits per heavy atom. The van der Waals surface area contributed by atoms with Crippen molar-refractivity contribution in [2.45, 2.75) is 25.7 Å². The van der Waals surface area contributed by atoms with E-state index in [2.05, 4.69) is 11.0 Å². The molecule has 0 saturated carbocycles. The fourth-order valence-corrected chi connectivity index (χ4v) is 5.30. The number of carboxylic acid groups (broad SMARTS) is 1. The van der Waals surface area contributed by atoms with E-state index >= 15 is 0 Å². The second-order valence-corrected chi connectivity index (χ2v) is 9.69. The maximum Gasteiger partial charge on any atom is 0.335 e. The van der Waals surface area contributed by atoms with E-state index in [1.807, 2.05) is 24.3 Å². The lowest BCUT2D eigenvalue weighted by molar-refractivity contribution is 0.0696. The van der Waals surface area contributed by atoms with E-state index in [1.165, 1.54) is 17.7 Å². The number of fused-ring (bicyclic) bond motifs is 1. The Bertz CT molecular complexity index is 1380. The van der Waals surface area contributed by atoms with Gasteiger partial charge in [0, 0.05) is 31.3 Å². The summed E-state index contributed by atoms with van der Waals surface area (Å²) in [6, 6.07) is 16.8. The van der Waals surface area contributed by atoms with E-state index in [-0.39, 0.29) is 12.2 Å². The summed E-state index contributed by atoms with van der Waals surface area (Å²) in [5, 5.41) is 9.50. The van der Waals surface area contributed by atoms with E-state index < -0.39 is 17.6 Å². The third-order valence-corrected chi connectivity index (χ3v) is 7.08. The molecule has 0 unspecified atom stereocenters. The van der Waals surface area contributed by atoms with Crippen molar-refractivity contribution < 1.29 is 23.1 Å². The predicted octanol–water partition coefficient (Wildman–Crippen LogP) is 7.02. The van der Waals surface area contributed by atoms with Gasteiger partial charge < -0.3 is 5.11 Å². The molecule has 2 aliphatic rings. The van der Waals surface area contributed by atoms with E-state index in [4.69, 9.17) is 0 Å². The minimum absolute atomic E-state index is 0.220. The fraction of sp³-hybridized carbons (Fsp3) is 0.258. The van der Waals surface area contributed by atoms with E-state index in [1.54, 1.807) is 18.2 Å². The molecule has 5 rings (SSSR count). The summed E-state index contributed by atoms with van der Waals surface area (Å²) < 4.78 is 41.1. The van der Waals surface area contributed by atoms with Crippen molar-refractivity contribution >= 4 is 23.2 Å². The third kappa shape index (κ3) is 5.39. The molecule has 1 fully saturated rings. The summed E-state index contributed by atoms with van der Waals surface area (Å²) >= 11 is 0. The van der Waals surface area contributed by atoms with Gasteiger partial charge in [-0.15, -0.1) is 0 Å². The van der Waals surface area contributed by atoms with Gasteiger partial charge in [0.2, 0.25) is 0 Å².